The molecule has 72 valence electrons. The Hall–Kier alpha value is -1.42. The van der Waals surface area contributed by atoms with Crippen molar-refractivity contribution >= 4 is 27.5 Å². The summed E-state index contributed by atoms with van der Waals surface area (Å²) >= 11 is 1.32. The standard InChI is InChI=1S/C10H10N2OS/c1-2-6-4-3-5-7-8(6)9(10(11)13)12-14-7/h3-5H,2H2,1H3,(H2,11,13). The van der Waals surface area contributed by atoms with E-state index in [1.54, 1.807) is 0 Å². The van der Waals surface area contributed by atoms with Crippen LogP contribution in [0.3, 0.4) is 0 Å². The summed E-state index contributed by atoms with van der Waals surface area (Å²) in [5, 5.41) is 0.924. The molecular formula is C10H10N2OS. The van der Waals surface area contributed by atoms with Gasteiger partial charge in [-0.3, -0.25) is 4.79 Å². The van der Waals surface area contributed by atoms with E-state index in [0.717, 1.165) is 22.1 Å². The molecule has 1 aromatic carbocycles. The van der Waals surface area contributed by atoms with Crippen LogP contribution < -0.4 is 5.73 Å². The highest BCUT2D eigenvalue weighted by molar-refractivity contribution is 7.13. The molecule has 0 spiro atoms. The van der Waals surface area contributed by atoms with Gasteiger partial charge in [0.05, 0.1) is 4.70 Å². The summed E-state index contributed by atoms with van der Waals surface area (Å²) in [6.45, 7) is 2.05. The maximum atomic E-state index is 11.1. The van der Waals surface area contributed by atoms with E-state index in [-0.39, 0.29) is 0 Å². The third-order valence-electron chi connectivity index (χ3n) is 2.20. The van der Waals surface area contributed by atoms with Crippen LogP contribution in [0.15, 0.2) is 18.2 Å². The number of hydrogen-bond acceptors (Lipinski definition) is 3. The molecule has 0 saturated carbocycles. The Morgan fingerprint density at radius 2 is 2.36 bits per heavy atom. The second kappa shape index (κ2) is 3.38. The number of amides is 1. The van der Waals surface area contributed by atoms with Crippen LogP contribution in [0.1, 0.15) is 23.0 Å². The van der Waals surface area contributed by atoms with Crippen molar-refractivity contribution < 1.29 is 4.79 Å². The average Bonchev–Trinajstić information content (AvgIpc) is 2.60. The summed E-state index contributed by atoms with van der Waals surface area (Å²) < 4.78 is 5.10. The summed E-state index contributed by atoms with van der Waals surface area (Å²) in [6.07, 6.45) is 0.885. The first-order valence-corrected chi connectivity index (χ1v) is 5.18. The highest BCUT2D eigenvalue weighted by Gasteiger charge is 2.13. The van der Waals surface area contributed by atoms with Crippen LogP contribution in [-0.2, 0) is 6.42 Å². The number of benzene rings is 1. The molecule has 0 aliphatic carbocycles. The summed E-state index contributed by atoms with van der Waals surface area (Å²) in [4.78, 5) is 11.1. The van der Waals surface area contributed by atoms with Crippen molar-refractivity contribution in [1.29, 1.82) is 0 Å². The van der Waals surface area contributed by atoms with Crippen LogP contribution in [0.4, 0.5) is 0 Å². The van der Waals surface area contributed by atoms with Crippen LogP contribution in [-0.4, -0.2) is 10.3 Å². The molecule has 2 rings (SSSR count). The highest BCUT2D eigenvalue weighted by Crippen LogP contribution is 2.26. The molecular weight excluding hydrogens is 196 g/mol. The Kier molecular flexibility index (Phi) is 2.21. The molecule has 0 aliphatic rings. The van der Waals surface area contributed by atoms with E-state index in [1.807, 2.05) is 18.2 Å². The molecule has 2 aromatic rings. The fourth-order valence-electron chi connectivity index (χ4n) is 1.52. The number of carbonyl (C=O) groups is 1. The number of rotatable bonds is 2. The van der Waals surface area contributed by atoms with Gasteiger partial charge in [0.1, 0.15) is 5.69 Å². The Morgan fingerprint density at radius 1 is 1.57 bits per heavy atom. The number of primary amides is 1. The quantitative estimate of drug-likeness (QED) is 0.816. The van der Waals surface area contributed by atoms with Crippen molar-refractivity contribution in [3.05, 3.63) is 29.5 Å². The molecule has 2 N–H and O–H groups in total. The van der Waals surface area contributed by atoms with E-state index in [0.29, 0.717) is 5.69 Å². The van der Waals surface area contributed by atoms with Crippen molar-refractivity contribution in [3.63, 3.8) is 0 Å². The minimum atomic E-state index is -0.447. The molecule has 0 unspecified atom stereocenters. The predicted octanol–water partition coefficient (Wildman–Crippen LogP) is 1.96. The van der Waals surface area contributed by atoms with E-state index in [2.05, 4.69) is 11.3 Å². The molecule has 0 fully saturated rings. The maximum Gasteiger partial charge on any atom is 0.269 e. The highest BCUT2D eigenvalue weighted by atomic mass is 32.1. The molecule has 0 saturated heterocycles. The van der Waals surface area contributed by atoms with Crippen molar-refractivity contribution in [2.75, 3.05) is 0 Å². The zero-order valence-electron chi connectivity index (χ0n) is 7.78. The monoisotopic (exact) mass is 206 g/mol. The van der Waals surface area contributed by atoms with Crippen molar-refractivity contribution in [2.45, 2.75) is 13.3 Å². The number of aryl methyl sites for hydroxylation is 1. The molecule has 1 aromatic heterocycles. The predicted molar refractivity (Wildman–Crippen MR) is 57.5 cm³/mol. The molecule has 0 atom stereocenters. The zero-order chi connectivity index (χ0) is 10.1. The van der Waals surface area contributed by atoms with Gasteiger partial charge in [-0.15, -0.1) is 0 Å². The van der Waals surface area contributed by atoms with Crippen LogP contribution in [0.25, 0.3) is 10.1 Å². The fraction of sp³-hybridized carbons (Fsp3) is 0.200. The Bertz CT molecular complexity index is 490. The van der Waals surface area contributed by atoms with Gasteiger partial charge in [-0.1, -0.05) is 19.1 Å². The van der Waals surface area contributed by atoms with Gasteiger partial charge in [-0.2, -0.15) is 4.37 Å². The van der Waals surface area contributed by atoms with E-state index in [4.69, 9.17) is 5.73 Å². The first-order chi connectivity index (χ1) is 6.74. The number of nitrogens with two attached hydrogens (primary N) is 1. The molecule has 4 heteroatoms. The maximum absolute atomic E-state index is 11.1. The first kappa shape index (κ1) is 9.15. The number of hydrogen-bond donors (Lipinski definition) is 1. The lowest BCUT2D eigenvalue weighted by Crippen LogP contribution is -2.11. The SMILES string of the molecule is CCc1cccc2snc(C(N)=O)c12. The summed E-state index contributed by atoms with van der Waals surface area (Å²) in [6, 6.07) is 5.94. The molecule has 3 nitrogen and oxygen atoms in total. The van der Waals surface area contributed by atoms with Gasteiger partial charge >= 0.3 is 0 Å². The second-order valence-corrected chi connectivity index (χ2v) is 3.84. The van der Waals surface area contributed by atoms with Gasteiger partial charge in [0.15, 0.2) is 0 Å². The molecule has 0 aliphatic heterocycles. The fourth-order valence-corrected chi connectivity index (χ4v) is 2.35. The Morgan fingerprint density at radius 3 is 3.00 bits per heavy atom. The number of carbonyl (C=O) groups excluding carboxylic acids is 1. The van der Waals surface area contributed by atoms with Gasteiger partial charge in [0.2, 0.25) is 0 Å². The number of fused-ring (bicyclic) bond motifs is 1. The average molecular weight is 206 g/mol. The van der Waals surface area contributed by atoms with Crippen LogP contribution >= 0.6 is 11.5 Å². The minimum absolute atomic E-state index is 0.405. The van der Waals surface area contributed by atoms with E-state index < -0.39 is 5.91 Å². The zero-order valence-corrected chi connectivity index (χ0v) is 8.60. The topological polar surface area (TPSA) is 56.0 Å². The summed E-state index contributed by atoms with van der Waals surface area (Å²) in [5.41, 5.74) is 6.79. The minimum Gasteiger partial charge on any atom is -0.364 e. The normalized spacial score (nSPS) is 10.6. The van der Waals surface area contributed by atoms with E-state index in [9.17, 15) is 4.79 Å². The lowest BCUT2D eigenvalue weighted by Gasteiger charge is -1.99. The third-order valence-corrected chi connectivity index (χ3v) is 3.01. The van der Waals surface area contributed by atoms with Gasteiger partial charge in [0, 0.05) is 5.39 Å². The molecule has 0 radical (unpaired) electrons. The summed E-state index contributed by atoms with van der Waals surface area (Å²) in [5.74, 6) is -0.447. The van der Waals surface area contributed by atoms with E-state index in [1.165, 1.54) is 11.5 Å². The smallest absolute Gasteiger partial charge is 0.269 e. The summed E-state index contributed by atoms with van der Waals surface area (Å²) in [7, 11) is 0. The van der Waals surface area contributed by atoms with Crippen molar-refractivity contribution in [1.82, 2.24) is 4.37 Å². The lowest BCUT2D eigenvalue weighted by atomic mass is 10.1. The molecule has 0 bridgehead atoms. The molecule has 14 heavy (non-hydrogen) atoms. The molecule has 1 amide bonds. The van der Waals surface area contributed by atoms with Crippen molar-refractivity contribution in [2.24, 2.45) is 5.73 Å². The Labute approximate surface area is 85.7 Å². The van der Waals surface area contributed by atoms with Crippen molar-refractivity contribution in [3.8, 4) is 0 Å². The third kappa shape index (κ3) is 1.28. The van der Waals surface area contributed by atoms with Crippen LogP contribution in [0.2, 0.25) is 0 Å². The van der Waals surface area contributed by atoms with Gasteiger partial charge in [-0.05, 0) is 29.6 Å². The van der Waals surface area contributed by atoms with Crippen LogP contribution in [0.5, 0.6) is 0 Å². The van der Waals surface area contributed by atoms with E-state index >= 15 is 0 Å². The second-order valence-electron chi connectivity index (χ2n) is 3.04. The van der Waals surface area contributed by atoms with Gasteiger partial charge in [0.25, 0.3) is 5.91 Å². The number of nitrogens with zero attached hydrogens (tertiary/aromatic N) is 1. The number of aromatic nitrogens is 1. The molecule has 1 heterocycles. The Balaban J connectivity index is 2.81. The first-order valence-electron chi connectivity index (χ1n) is 4.41. The van der Waals surface area contributed by atoms with Crippen LogP contribution in [0, 0.1) is 0 Å². The van der Waals surface area contributed by atoms with Gasteiger partial charge in [-0.25, -0.2) is 0 Å². The lowest BCUT2D eigenvalue weighted by molar-refractivity contribution is 0.0998. The van der Waals surface area contributed by atoms with Gasteiger partial charge < -0.3 is 5.73 Å². The largest absolute Gasteiger partial charge is 0.364 e.